The molecule has 128 valence electrons. The average Bonchev–Trinajstić information content (AvgIpc) is 2.96. The molecule has 1 aromatic rings. The van der Waals surface area contributed by atoms with Gasteiger partial charge in [0.2, 0.25) is 5.89 Å². The molecule has 1 aliphatic heterocycles. The van der Waals surface area contributed by atoms with Gasteiger partial charge in [0.15, 0.2) is 5.82 Å². The highest BCUT2D eigenvalue weighted by Crippen LogP contribution is 2.19. The third kappa shape index (κ3) is 5.70. The second-order valence-electron chi connectivity index (χ2n) is 5.33. The second kappa shape index (κ2) is 10.4. The molecule has 1 saturated heterocycles. The van der Waals surface area contributed by atoms with Gasteiger partial charge >= 0.3 is 0 Å². The Morgan fingerprint density at radius 1 is 1.41 bits per heavy atom. The average molecular weight is 350 g/mol. The summed E-state index contributed by atoms with van der Waals surface area (Å²) in [5, 5.41) is 7.52. The summed E-state index contributed by atoms with van der Waals surface area (Å²) in [6.07, 6.45) is 0. The Morgan fingerprint density at radius 3 is 2.86 bits per heavy atom. The zero-order chi connectivity index (χ0) is 15.1. The van der Waals surface area contributed by atoms with E-state index < -0.39 is 0 Å². The molecule has 22 heavy (non-hydrogen) atoms. The van der Waals surface area contributed by atoms with Crippen LogP contribution in [0.4, 0.5) is 0 Å². The van der Waals surface area contributed by atoms with Crippen molar-refractivity contribution in [1.29, 1.82) is 0 Å². The highest BCUT2D eigenvalue weighted by molar-refractivity contribution is 7.98. The molecule has 1 aliphatic rings. The second-order valence-corrected chi connectivity index (χ2v) is 6.43. The quantitative estimate of drug-likeness (QED) is 0.716. The van der Waals surface area contributed by atoms with Gasteiger partial charge in [-0.2, -0.15) is 16.7 Å². The highest BCUT2D eigenvalue weighted by atomic mass is 35.5. The van der Waals surface area contributed by atoms with Crippen LogP contribution >= 0.6 is 24.2 Å². The van der Waals surface area contributed by atoms with Crippen LogP contribution in [-0.4, -0.2) is 72.0 Å². The minimum atomic E-state index is 0. The van der Waals surface area contributed by atoms with E-state index in [0.717, 1.165) is 62.5 Å². The Morgan fingerprint density at radius 2 is 2.18 bits per heavy atom. The van der Waals surface area contributed by atoms with Gasteiger partial charge in [0.1, 0.15) is 0 Å². The molecule has 0 bridgehead atoms. The summed E-state index contributed by atoms with van der Waals surface area (Å²) < 4.78 is 5.38. The minimum absolute atomic E-state index is 0. The van der Waals surface area contributed by atoms with Crippen LogP contribution in [0.15, 0.2) is 4.52 Å². The first-order valence-electron chi connectivity index (χ1n) is 7.78. The van der Waals surface area contributed by atoms with E-state index in [1.165, 1.54) is 0 Å². The fourth-order valence-electron chi connectivity index (χ4n) is 2.45. The highest BCUT2D eigenvalue weighted by Gasteiger charge is 2.25. The third-order valence-corrected chi connectivity index (χ3v) is 4.89. The maximum Gasteiger partial charge on any atom is 0.236 e. The smallest absolute Gasteiger partial charge is 0.236 e. The number of nitrogens with zero attached hydrogens (tertiary/aromatic N) is 4. The van der Waals surface area contributed by atoms with Crippen molar-refractivity contribution >= 4 is 24.2 Å². The Hall–Kier alpha value is -0.340. The van der Waals surface area contributed by atoms with Gasteiger partial charge in [0.05, 0.1) is 11.8 Å². The van der Waals surface area contributed by atoms with E-state index in [0.29, 0.717) is 0 Å². The molecular weight excluding hydrogens is 322 g/mol. The summed E-state index contributed by atoms with van der Waals surface area (Å²) in [6.45, 7) is 10.7. The van der Waals surface area contributed by atoms with Crippen molar-refractivity contribution in [3.05, 3.63) is 11.7 Å². The first-order chi connectivity index (χ1) is 10.2. The van der Waals surface area contributed by atoms with Crippen molar-refractivity contribution in [2.45, 2.75) is 25.6 Å². The molecule has 1 aromatic heterocycles. The van der Waals surface area contributed by atoms with Crippen LogP contribution in [0.5, 0.6) is 0 Å². The van der Waals surface area contributed by atoms with Crippen molar-refractivity contribution in [3.8, 4) is 0 Å². The van der Waals surface area contributed by atoms with Crippen molar-refractivity contribution in [3.63, 3.8) is 0 Å². The molecule has 0 saturated carbocycles. The molecule has 0 aromatic carbocycles. The van der Waals surface area contributed by atoms with E-state index in [1.54, 1.807) is 0 Å². The zero-order valence-corrected chi connectivity index (χ0v) is 15.4. The number of hydrogen-bond acceptors (Lipinski definition) is 7. The van der Waals surface area contributed by atoms with E-state index in [-0.39, 0.29) is 18.4 Å². The molecule has 0 radical (unpaired) electrons. The predicted molar refractivity (Wildman–Crippen MR) is 93.7 cm³/mol. The Kier molecular flexibility index (Phi) is 9.35. The summed E-state index contributed by atoms with van der Waals surface area (Å²) in [7, 11) is 2.11. The Labute approximate surface area is 143 Å². The van der Waals surface area contributed by atoms with Crippen molar-refractivity contribution < 1.29 is 4.52 Å². The van der Waals surface area contributed by atoms with Crippen LogP contribution in [-0.2, 0) is 5.75 Å². The number of piperazine rings is 1. The third-order valence-electron chi connectivity index (χ3n) is 3.96. The van der Waals surface area contributed by atoms with Crippen LogP contribution in [0.3, 0.4) is 0 Å². The molecule has 0 spiro atoms. The molecule has 0 amide bonds. The number of rotatable bonds is 8. The van der Waals surface area contributed by atoms with Crippen LogP contribution in [0.2, 0.25) is 0 Å². The minimum Gasteiger partial charge on any atom is -0.338 e. The first kappa shape index (κ1) is 19.7. The SMILES string of the molecule is CCN(CC)CCSCc1nc(C2CNCCN2C)no1.Cl. The summed E-state index contributed by atoms with van der Waals surface area (Å²) >= 11 is 1.86. The lowest BCUT2D eigenvalue weighted by molar-refractivity contribution is 0.190. The lowest BCUT2D eigenvalue weighted by Crippen LogP contribution is -2.44. The zero-order valence-electron chi connectivity index (χ0n) is 13.7. The van der Waals surface area contributed by atoms with Gasteiger partial charge in [-0.25, -0.2) is 0 Å². The van der Waals surface area contributed by atoms with Gasteiger partial charge in [-0.1, -0.05) is 19.0 Å². The summed E-state index contributed by atoms with van der Waals surface area (Å²) in [4.78, 5) is 9.25. The molecule has 2 rings (SSSR count). The fourth-order valence-corrected chi connectivity index (χ4v) is 3.27. The maximum atomic E-state index is 5.38. The van der Waals surface area contributed by atoms with E-state index in [9.17, 15) is 0 Å². The molecule has 2 heterocycles. The number of likely N-dealkylation sites (N-methyl/N-ethyl adjacent to an activating group) is 1. The number of nitrogens with one attached hydrogen (secondary N) is 1. The summed E-state index contributed by atoms with van der Waals surface area (Å²) in [5.74, 6) is 3.46. The summed E-state index contributed by atoms with van der Waals surface area (Å²) in [5.41, 5.74) is 0. The molecule has 1 N–H and O–H groups in total. The van der Waals surface area contributed by atoms with E-state index in [2.05, 4.69) is 46.2 Å². The lowest BCUT2D eigenvalue weighted by atomic mass is 10.2. The van der Waals surface area contributed by atoms with E-state index in [1.807, 2.05) is 11.8 Å². The topological polar surface area (TPSA) is 57.4 Å². The largest absolute Gasteiger partial charge is 0.338 e. The fraction of sp³-hybridized carbons (Fsp3) is 0.857. The van der Waals surface area contributed by atoms with Crippen LogP contribution < -0.4 is 5.32 Å². The monoisotopic (exact) mass is 349 g/mol. The number of thioether (sulfide) groups is 1. The number of hydrogen-bond donors (Lipinski definition) is 1. The van der Waals surface area contributed by atoms with Gasteiger partial charge in [-0.3, -0.25) is 4.90 Å². The van der Waals surface area contributed by atoms with Gasteiger partial charge in [-0.15, -0.1) is 12.4 Å². The van der Waals surface area contributed by atoms with E-state index in [4.69, 9.17) is 4.52 Å². The van der Waals surface area contributed by atoms with Crippen molar-refractivity contribution in [2.75, 3.05) is 52.1 Å². The van der Waals surface area contributed by atoms with Gasteiger partial charge in [0, 0.05) is 31.9 Å². The maximum absolute atomic E-state index is 5.38. The Balaban J connectivity index is 0.00000242. The van der Waals surface area contributed by atoms with Crippen LogP contribution in [0, 0.1) is 0 Å². The predicted octanol–water partition coefficient (Wildman–Crippen LogP) is 1.64. The van der Waals surface area contributed by atoms with Gasteiger partial charge in [-0.05, 0) is 20.1 Å². The molecule has 0 aliphatic carbocycles. The Bertz CT molecular complexity index is 416. The van der Waals surface area contributed by atoms with Crippen LogP contribution in [0.1, 0.15) is 31.6 Å². The lowest BCUT2D eigenvalue weighted by Gasteiger charge is -2.30. The standard InChI is InChI=1S/C14H27N5OS.ClH/c1-4-19(5-2)8-9-21-11-13-16-14(17-20-13)12-10-15-6-7-18(12)3;/h12,15H,4-11H2,1-3H3;1H. The molecule has 8 heteroatoms. The molecule has 1 unspecified atom stereocenters. The molecular formula is C14H28ClN5OS. The molecule has 6 nitrogen and oxygen atoms in total. The van der Waals surface area contributed by atoms with Gasteiger partial charge < -0.3 is 14.7 Å². The van der Waals surface area contributed by atoms with E-state index >= 15 is 0 Å². The summed E-state index contributed by atoms with van der Waals surface area (Å²) in [6, 6.07) is 0.233. The molecule has 1 atom stereocenters. The number of aromatic nitrogens is 2. The van der Waals surface area contributed by atoms with Crippen molar-refractivity contribution in [1.82, 2.24) is 25.3 Å². The van der Waals surface area contributed by atoms with Crippen molar-refractivity contribution in [2.24, 2.45) is 0 Å². The first-order valence-corrected chi connectivity index (χ1v) is 8.93. The normalized spacial score (nSPS) is 19.4. The van der Waals surface area contributed by atoms with Gasteiger partial charge in [0.25, 0.3) is 0 Å². The molecule has 1 fully saturated rings. The number of halogens is 1. The van der Waals surface area contributed by atoms with Crippen LogP contribution in [0.25, 0.3) is 0 Å².